The Morgan fingerprint density at radius 2 is 1.82 bits per heavy atom. The summed E-state index contributed by atoms with van der Waals surface area (Å²) in [7, 11) is 2.16. The van der Waals surface area contributed by atoms with Gasteiger partial charge in [-0.3, -0.25) is 4.79 Å². The van der Waals surface area contributed by atoms with Gasteiger partial charge in [0.1, 0.15) is 11.6 Å². The van der Waals surface area contributed by atoms with Gasteiger partial charge < -0.3 is 19.9 Å². The summed E-state index contributed by atoms with van der Waals surface area (Å²) in [5, 5.41) is 14.7. The van der Waals surface area contributed by atoms with E-state index in [2.05, 4.69) is 59.4 Å². The molecule has 1 fully saturated rings. The van der Waals surface area contributed by atoms with Crippen LogP contribution in [0.15, 0.2) is 42.0 Å². The van der Waals surface area contributed by atoms with E-state index in [1.165, 1.54) is 5.69 Å². The summed E-state index contributed by atoms with van der Waals surface area (Å²) in [6.45, 7) is 13.5. The number of ether oxygens (including phenoxy) is 1. The molecule has 0 spiro atoms. The number of rotatable bonds is 8. The number of nitrogens with zero attached hydrogens (tertiary/aromatic N) is 3. The molecular formula is C28H38N4O2. The Labute approximate surface area is 204 Å². The van der Waals surface area contributed by atoms with Crippen LogP contribution in [0.1, 0.15) is 39.7 Å². The van der Waals surface area contributed by atoms with Gasteiger partial charge in [-0.1, -0.05) is 25.1 Å². The lowest BCUT2D eigenvalue weighted by Gasteiger charge is -2.34. The van der Waals surface area contributed by atoms with E-state index in [0.29, 0.717) is 13.2 Å². The van der Waals surface area contributed by atoms with Crippen LogP contribution in [0.25, 0.3) is 16.8 Å². The first kappa shape index (κ1) is 25.7. The molecule has 1 heterocycles. The second-order valence-corrected chi connectivity index (χ2v) is 10.3. The smallest absolute Gasteiger partial charge is 0.261 e. The fraction of sp³-hybridized carbons (Fsp3) is 0.500. The van der Waals surface area contributed by atoms with Gasteiger partial charge in [0.05, 0.1) is 5.60 Å². The zero-order valence-corrected chi connectivity index (χ0v) is 21.2. The topological polar surface area (TPSA) is 68.6 Å². The number of anilines is 1. The van der Waals surface area contributed by atoms with Gasteiger partial charge in [-0.25, -0.2) is 0 Å². The van der Waals surface area contributed by atoms with Crippen molar-refractivity contribution in [2.45, 2.75) is 39.7 Å². The van der Waals surface area contributed by atoms with E-state index in [1.807, 2.05) is 32.9 Å². The number of nitrogens with one attached hydrogen (secondary N) is 1. The Balaban J connectivity index is 1.61. The van der Waals surface area contributed by atoms with Gasteiger partial charge in [0.15, 0.2) is 0 Å². The van der Waals surface area contributed by atoms with Crippen LogP contribution in [0, 0.1) is 17.2 Å². The Kier molecular flexibility index (Phi) is 8.71. The van der Waals surface area contributed by atoms with E-state index >= 15 is 0 Å². The van der Waals surface area contributed by atoms with Crippen LogP contribution in [0.3, 0.4) is 0 Å². The number of hydrogen-bond acceptors (Lipinski definition) is 5. The lowest BCUT2D eigenvalue weighted by Crippen LogP contribution is -2.44. The first-order chi connectivity index (χ1) is 16.1. The third kappa shape index (κ3) is 7.58. The summed E-state index contributed by atoms with van der Waals surface area (Å²) in [5.74, 6) is -0.0713. The van der Waals surface area contributed by atoms with E-state index < -0.39 is 0 Å². The highest BCUT2D eigenvalue weighted by atomic mass is 16.5. The van der Waals surface area contributed by atoms with Crippen molar-refractivity contribution in [3.8, 4) is 6.07 Å². The van der Waals surface area contributed by atoms with Crippen LogP contribution in [-0.4, -0.2) is 62.8 Å². The highest BCUT2D eigenvalue weighted by Crippen LogP contribution is 2.25. The number of carbonyl (C=O) groups is 1. The summed E-state index contributed by atoms with van der Waals surface area (Å²) in [4.78, 5) is 17.3. The Morgan fingerprint density at radius 3 is 2.50 bits per heavy atom. The molecule has 1 amide bonds. The standard InChI is InChI=1S/C28H38N4O2/c1-21(10-15-34-28(2,3)4)20-30-27(33)25(19-29)17-22-6-7-24-18-26(9-8-23(24)16-22)32-13-11-31(5)12-14-32/h6-9,16-18,21H,10-15,20H2,1-5H3,(H,30,33)/b25-17+. The van der Waals surface area contributed by atoms with E-state index in [1.54, 1.807) is 6.08 Å². The number of fused-ring (bicyclic) bond motifs is 1. The molecule has 1 aliphatic heterocycles. The number of hydrogen-bond donors (Lipinski definition) is 1. The Morgan fingerprint density at radius 1 is 1.15 bits per heavy atom. The average molecular weight is 463 g/mol. The van der Waals surface area contributed by atoms with Gasteiger partial charge in [0, 0.05) is 45.0 Å². The van der Waals surface area contributed by atoms with Gasteiger partial charge in [-0.2, -0.15) is 5.26 Å². The van der Waals surface area contributed by atoms with Crippen LogP contribution in [0.4, 0.5) is 5.69 Å². The second-order valence-electron chi connectivity index (χ2n) is 10.3. The highest BCUT2D eigenvalue weighted by molar-refractivity contribution is 6.02. The molecule has 1 unspecified atom stereocenters. The molecule has 3 rings (SSSR count). The molecule has 1 N–H and O–H groups in total. The molecule has 6 heteroatoms. The largest absolute Gasteiger partial charge is 0.376 e. The third-order valence-electron chi connectivity index (χ3n) is 6.15. The van der Waals surface area contributed by atoms with Gasteiger partial charge in [-0.15, -0.1) is 0 Å². The van der Waals surface area contributed by atoms with Crippen molar-refractivity contribution in [1.82, 2.24) is 10.2 Å². The fourth-order valence-corrected chi connectivity index (χ4v) is 3.95. The van der Waals surface area contributed by atoms with E-state index in [9.17, 15) is 10.1 Å². The maximum absolute atomic E-state index is 12.6. The number of likely N-dealkylation sites (N-methyl/N-ethyl adjacent to an activating group) is 1. The van der Waals surface area contributed by atoms with Crippen LogP contribution < -0.4 is 10.2 Å². The van der Waals surface area contributed by atoms with Gasteiger partial charge >= 0.3 is 0 Å². The predicted octanol–water partition coefficient (Wildman–Crippen LogP) is 4.46. The minimum absolute atomic E-state index is 0.117. The maximum atomic E-state index is 12.6. The molecule has 0 aliphatic carbocycles. The van der Waals surface area contributed by atoms with Crippen molar-refractivity contribution in [3.63, 3.8) is 0 Å². The van der Waals surface area contributed by atoms with Crippen molar-refractivity contribution < 1.29 is 9.53 Å². The maximum Gasteiger partial charge on any atom is 0.261 e. The number of carbonyl (C=O) groups excluding carboxylic acids is 1. The van der Waals surface area contributed by atoms with E-state index in [4.69, 9.17) is 4.74 Å². The van der Waals surface area contributed by atoms with Gasteiger partial charge in [-0.05, 0) is 80.8 Å². The fourth-order valence-electron chi connectivity index (χ4n) is 3.95. The second kappa shape index (κ2) is 11.5. The van der Waals surface area contributed by atoms with Crippen molar-refractivity contribution in [1.29, 1.82) is 5.26 Å². The Hall–Kier alpha value is -2.88. The normalized spacial score (nSPS) is 16.4. The number of benzene rings is 2. The molecule has 6 nitrogen and oxygen atoms in total. The third-order valence-corrected chi connectivity index (χ3v) is 6.15. The molecule has 1 saturated heterocycles. The summed E-state index contributed by atoms with van der Waals surface area (Å²) in [6, 6.07) is 14.6. The first-order valence-electron chi connectivity index (χ1n) is 12.2. The highest BCUT2D eigenvalue weighted by Gasteiger charge is 2.15. The summed E-state index contributed by atoms with van der Waals surface area (Å²) in [6.07, 6.45) is 2.51. The zero-order chi connectivity index (χ0) is 24.7. The molecule has 34 heavy (non-hydrogen) atoms. The molecule has 0 aromatic heterocycles. The van der Waals surface area contributed by atoms with Crippen LogP contribution in [-0.2, 0) is 9.53 Å². The zero-order valence-electron chi connectivity index (χ0n) is 21.2. The lowest BCUT2D eigenvalue weighted by atomic mass is 10.0. The molecule has 2 aromatic rings. The van der Waals surface area contributed by atoms with Gasteiger partial charge in [0.25, 0.3) is 5.91 Å². The molecule has 1 aliphatic rings. The van der Waals surface area contributed by atoms with E-state index in [-0.39, 0.29) is 23.0 Å². The average Bonchev–Trinajstić information content (AvgIpc) is 2.80. The van der Waals surface area contributed by atoms with Crippen molar-refractivity contribution in [2.75, 3.05) is 51.3 Å². The van der Waals surface area contributed by atoms with E-state index in [0.717, 1.165) is 48.9 Å². The SMILES string of the molecule is CC(CCOC(C)(C)C)CNC(=O)/C(C#N)=C/c1ccc2cc(N3CCN(C)CC3)ccc2c1. The summed E-state index contributed by atoms with van der Waals surface area (Å²) < 4.78 is 5.75. The molecule has 0 bridgehead atoms. The lowest BCUT2D eigenvalue weighted by molar-refractivity contribution is -0.117. The predicted molar refractivity (Wildman–Crippen MR) is 140 cm³/mol. The van der Waals surface area contributed by atoms with Crippen LogP contribution in [0.2, 0.25) is 0 Å². The van der Waals surface area contributed by atoms with Gasteiger partial charge in [0.2, 0.25) is 0 Å². The minimum Gasteiger partial charge on any atom is -0.376 e. The van der Waals surface area contributed by atoms with Crippen LogP contribution in [0.5, 0.6) is 0 Å². The van der Waals surface area contributed by atoms with Crippen molar-refractivity contribution in [3.05, 3.63) is 47.5 Å². The molecule has 2 aromatic carbocycles. The van der Waals surface area contributed by atoms with Crippen molar-refractivity contribution >= 4 is 28.4 Å². The number of amides is 1. The monoisotopic (exact) mass is 462 g/mol. The summed E-state index contributed by atoms with van der Waals surface area (Å²) in [5.41, 5.74) is 2.04. The summed E-state index contributed by atoms with van der Waals surface area (Å²) >= 11 is 0. The molecular weight excluding hydrogens is 424 g/mol. The first-order valence-corrected chi connectivity index (χ1v) is 12.2. The van der Waals surface area contributed by atoms with Crippen LogP contribution >= 0.6 is 0 Å². The molecule has 0 radical (unpaired) electrons. The molecule has 0 saturated carbocycles. The number of piperazine rings is 1. The molecule has 1 atom stereocenters. The minimum atomic E-state index is -0.336. The molecule has 182 valence electrons. The quantitative estimate of drug-likeness (QED) is 0.463. The Bertz CT molecular complexity index is 1060. The number of nitriles is 1. The van der Waals surface area contributed by atoms with Crippen molar-refractivity contribution in [2.24, 2.45) is 5.92 Å².